The molecule has 1 N–H and O–H groups in total. The molecule has 0 spiro atoms. The Balaban J connectivity index is 1.88. The molecule has 1 amide bonds. The molecule has 1 aliphatic rings. The Labute approximate surface area is 122 Å². The maximum absolute atomic E-state index is 12.8. The lowest BCUT2D eigenvalue weighted by atomic mass is 10.0. The molecular formula is C14H18N4OS. The summed E-state index contributed by atoms with van der Waals surface area (Å²) in [5.41, 5.74) is 1.14. The first kappa shape index (κ1) is 13.3. The van der Waals surface area contributed by atoms with Gasteiger partial charge < -0.3 is 4.90 Å². The van der Waals surface area contributed by atoms with Crippen LogP contribution >= 0.6 is 11.3 Å². The molecule has 0 aromatic carbocycles. The Morgan fingerprint density at radius 1 is 1.55 bits per heavy atom. The number of piperidine rings is 1. The van der Waals surface area contributed by atoms with Gasteiger partial charge in [0.25, 0.3) is 5.91 Å². The van der Waals surface area contributed by atoms with E-state index in [2.05, 4.69) is 22.1 Å². The van der Waals surface area contributed by atoms with Crippen molar-refractivity contribution in [2.45, 2.75) is 38.6 Å². The average Bonchev–Trinajstić information content (AvgIpc) is 3.17. The quantitative estimate of drug-likeness (QED) is 0.945. The number of H-pyrrole nitrogens is 1. The van der Waals surface area contributed by atoms with Gasteiger partial charge in [0, 0.05) is 6.54 Å². The predicted octanol–water partition coefficient (Wildman–Crippen LogP) is 2.80. The fraction of sp³-hybridized carbons (Fsp3) is 0.500. The smallest absolute Gasteiger partial charge is 0.264 e. The number of aromatic nitrogens is 3. The van der Waals surface area contributed by atoms with E-state index in [0.29, 0.717) is 0 Å². The lowest BCUT2D eigenvalue weighted by Gasteiger charge is -2.34. The molecule has 1 atom stereocenters. The van der Waals surface area contributed by atoms with E-state index in [4.69, 9.17) is 0 Å². The molecule has 1 aliphatic heterocycles. The molecule has 0 bridgehead atoms. The zero-order chi connectivity index (χ0) is 13.9. The second-order valence-corrected chi connectivity index (χ2v) is 5.93. The van der Waals surface area contributed by atoms with E-state index in [-0.39, 0.29) is 11.9 Å². The number of hydrogen-bond acceptors (Lipinski definition) is 4. The van der Waals surface area contributed by atoms with Gasteiger partial charge in [-0.15, -0.1) is 11.3 Å². The Morgan fingerprint density at radius 3 is 3.20 bits per heavy atom. The summed E-state index contributed by atoms with van der Waals surface area (Å²) in [6, 6.07) is 2.08. The second-order valence-electron chi connectivity index (χ2n) is 5.01. The summed E-state index contributed by atoms with van der Waals surface area (Å²) in [5.74, 6) is 0.936. The Kier molecular flexibility index (Phi) is 3.82. The van der Waals surface area contributed by atoms with Gasteiger partial charge in [-0.3, -0.25) is 9.89 Å². The van der Waals surface area contributed by atoms with Crippen LogP contribution in [0.15, 0.2) is 17.8 Å². The predicted molar refractivity (Wildman–Crippen MR) is 77.7 cm³/mol. The first-order valence-corrected chi connectivity index (χ1v) is 7.91. The molecule has 1 fully saturated rings. The standard InChI is InChI=1S/C14H18N4OS/c1-2-10-6-8-20-12(10)14(19)18-7-4-3-5-11(18)13-15-9-16-17-13/h6,8-9,11H,2-5,7H2,1H3,(H,15,16,17)/t11-/m1/s1. The minimum Gasteiger partial charge on any atom is -0.328 e. The van der Waals surface area contributed by atoms with E-state index in [1.165, 1.54) is 17.7 Å². The fourth-order valence-corrected chi connectivity index (χ4v) is 3.72. The van der Waals surface area contributed by atoms with E-state index in [0.717, 1.165) is 48.5 Å². The molecule has 3 rings (SSSR count). The SMILES string of the molecule is CCc1ccsc1C(=O)N1CCCC[C@@H]1c1ncn[nH]1. The van der Waals surface area contributed by atoms with Crippen molar-refractivity contribution in [2.24, 2.45) is 0 Å². The zero-order valence-electron chi connectivity index (χ0n) is 11.5. The number of carbonyl (C=O) groups excluding carboxylic acids is 1. The lowest BCUT2D eigenvalue weighted by Crippen LogP contribution is -2.39. The Hall–Kier alpha value is -1.69. The van der Waals surface area contributed by atoms with Crippen LogP contribution in [0, 0.1) is 0 Å². The molecular weight excluding hydrogens is 272 g/mol. The van der Waals surface area contributed by atoms with Crippen molar-refractivity contribution in [1.82, 2.24) is 20.1 Å². The number of aromatic amines is 1. The molecule has 1 saturated heterocycles. The molecule has 20 heavy (non-hydrogen) atoms. The second kappa shape index (κ2) is 5.75. The summed E-state index contributed by atoms with van der Waals surface area (Å²) >= 11 is 1.54. The third-order valence-electron chi connectivity index (χ3n) is 3.83. The molecule has 2 aromatic heterocycles. The summed E-state index contributed by atoms with van der Waals surface area (Å²) in [6.07, 6.45) is 5.54. The van der Waals surface area contributed by atoms with E-state index in [9.17, 15) is 4.79 Å². The van der Waals surface area contributed by atoms with Gasteiger partial charge in [-0.25, -0.2) is 4.98 Å². The van der Waals surface area contributed by atoms with Crippen LogP contribution in [-0.2, 0) is 6.42 Å². The molecule has 3 heterocycles. The lowest BCUT2D eigenvalue weighted by molar-refractivity contribution is 0.0604. The normalized spacial score (nSPS) is 19.2. The Morgan fingerprint density at radius 2 is 2.45 bits per heavy atom. The number of rotatable bonds is 3. The monoisotopic (exact) mass is 290 g/mol. The van der Waals surface area contributed by atoms with Crippen molar-refractivity contribution < 1.29 is 4.79 Å². The minimum absolute atomic E-state index is 0.0329. The van der Waals surface area contributed by atoms with Gasteiger partial charge in [-0.2, -0.15) is 5.10 Å². The fourth-order valence-electron chi connectivity index (χ4n) is 2.77. The van der Waals surface area contributed by atoms with Crippen molar-refractivity contribution >= 4 is 17.2 Å². The third-order valence-corrected chi connectivity index (χ3v) is 4.78. The van der Waals surface area contributed by atoms with Gasteiger partial charge in [-0.05, 0) is 42.7 Å². The average molecular weight is 290 g/mol. The van der Waals surface area contributed by atoms with Crippen molar-refractivity contribution in [3.05, 3.63) is 34.0 Å². The highest BCUT2D eigenvalue weighted by Crippen LogP contribution is 2.31. The van der Waals surface area contributed by atoms with Crippen LogP contribution in [0.2, 0.25) is 0 Å². The molecule has 5 nitrogen and oxygen atoms in total. The summed E-state index contributed by atoms with van der Waals surface area (Å²) in [7, 11) is 0. The molecule has 0 aliphatic carbocycles. The number of likely N-dealkylation sites (tertiary alicyclic amines) is 1. The highest BCUT2D eigenvalue weighted by Gasteiger charge is 2.31. The van der Waals surface area contributed by atoms with Gasteiger partial charge in [0.15, 0.2) is 0 Å². The first-order valence-electron chi connectivity index (χ1n) is 7.04. The highest BCUT2D eigenvalue weighted by atomic mass is 32.1. The van der Waals surface area contributed by atoms with Crippen LogP contribution in [-0.4, -0.2) is 32.5 Å². The maximum atomic E-state index is 12.8. The van der Waals surface area contributed by atoms with E-state index >= 15 is 0 Å². The topological polar surface area (TPSA) is 61.9 Å². The van der Waals surface area contributed by atoms with Gasteiger partial charge >= 0.3 is 0 Å². The van der Waals surface area contributed by atoms with Gasteiger partial charge in [0.2, 0.25) is 0 Å². The van der Waals surface area contributed by atoms with Crippen LogP contribution in [0.4, 0.5) is 0 Å². The van der Waals surface area contributed by atoms with Gasteiger partial charge in [0.1, 0.15) is 12.2 Å². The van der Waals surface area contributed by atoms with Crippen LogP contribution in [0.1, 0.15) is 53.3 Å². The number of amides is 1. The summed E-state index contributed by atoms with van der Waals surface area (Å²) in [5, 5.41) is 8.83. The minimum atomic E-state index is 0.0329. The van der Waals surface area contributed by atoms with Crippen molar-refractivity contribution in [3.8, 4) is 0 Å². The number of thiophene rings is 1. The maximum Gasteiger partial charge on any atom is 0.264 e. The molecule has 2 aromatic rings. The van der Waals surface area contributed by atoms with Crippen molar-refractivity contribution in [3.63, 3.8) is 0 Å². The summed E-state index contributed by atoms with van der Waals surface area (Å²) in [6.45, 7) is 2.88. The van der Waals surface area contributed by atoms with Gasteiger partial charge in [0.05, 0.1) is 10.9 Å². The number of aryl methyl sites for hydroxylation is 1. The molecule has 0 radical (unpaired) electrons. The molecule has 106 valence electrons. The Bertz CT molecular complexity index is 578. The zero-order valence-corrected chi connectivity index (χ0v) is 12.3. The first-order chi connectivity index (χ1) is 9.81. The molecule has 0 saturated carbocycles. The number of nitrogens with one attached hydrogen (secondary N) is 1. The van der Waals surface area contributed by atoms with Crippen LogP contribution in [0.5, 0.6) is 0 Å². The largest absolute Gasteiger partial charge is 0.328 e. The number of nitrogens with zero attached hydrogens (tertiary/aromatic N) is 3. The highest BCUT2D eigenvalue weighted by molar-refractivity contribution is 7.12. The van der Waals surface area contributed by atoms with E-state index in [1.54, 1.807) is 0 Å². The van der Waals surface area contributed by atoms with Crippen LogP contribution < -0.4 is 0 Å². The van der Waals surface area contributed by atoms with E-state index in [1.807, 2.05) is 16.3 Å². The van der Waals surface area contributed by atoms with Crippen molar-refractivity contribution in [1.29, 1.82) is 0 Å². The summed E-state index contributed by atoms with van der Waals surface area (Å²) < 4.78 is 0. The van der Waals surface area contributed by atoms with Crippen LogP contribution in [0.3, 0.4) is 0 Å². The number of hydrogen-bond donors (Lipinski definition) is 1. The third kappa shape index (κ3) is 2.35. The van der Waals surface area contributed by atoms with Crippen molar-refractivity contribution in [2.75, 3.05) is 6.54 Å². The molecule has 0 unspecified atom stereocenters. The van der Waals surface area contributed by atoms with E-state index < -0.39 is 0 Å². The van der Waals surface area contributed by atoms with Gasteiger partial charge in [-0.1, -0.05) is 6.92 Å². The molecule has 6 heteroatoms. The summed E-state index contributed by atoms with van der Waals surface area (Å²) in [4.78, 5) is 19.9. The van der Waals surface area contributed by atoms with Crippen LogP contribution in [0.25, 0.3) is 0 Å². The number of carbonyl (C=O) groups is 1.